The Hall–Kier alpha value is -1.42. The lowest BCUT2D eigenvalue weighted by Gasteiger charge is -2.35. The second kappa shape index (κ2) is 5.70. The van der Waals surface area contributed by atoms with Gasteiger partial charge < -0.3 is 15.7 Å². The normalized spacial score (nSPS) is 19.5. The molecule has 1 aliphatic rings. The molecule has 0 aliphatic carbocycles. The van der Waals surface area contributed by atoms with Crippen LogP contribution >= 0.6 is 11.6 Å². The van der Waals surface area contributed by atoms with E-state index in [0.717, 1.165) is 25.9 Å². The van der Waals surface area contributed by atoms with E-state index in [4.69, 9.17) is 17.3 Å². The van der Waals surface area contributed by atoms with Crippen molar-refractivity contribution in [2.24, 2.45) is 5.92 Å². The maximum absolute atomic E-state index is 11.4. The molecule has 0 spiro atoms. The molecule has 19 heavy (non-hydrogen) atoms. The van der Waals surface area contributed by atoms with Crippen LogP contribution in [0.2, 0.25) is 5.02 Å². The first-order valence-electron chi connectivity index (χ1n) is 6.60. The molecular formula is C14H19ClN2O2. The molecule has 0 saturated carbocycles. The Morgan fingerprint density at radius 2 is 2.32 bits per heavy atom. The van der Waals surface area contributed by atoms with Gasteiger partial charge in [0, 0.05) is 18.8 Å². The van der Waals surface area contributed by atoms with E-state index in [-0.39, 0.29) is 5.56 Å². The maximum Gasteiger partial charge on any atom is 0.337 e. The van der Waals surface area contributed by atoms with Crippen molar-refractivity contribution >= 4 is 28.9 Å². The number of nitrogen functional groups attached to an aromatic ring is 1. The summed E-state index contributed by atoms with van der Waals surface area (Å²) in [6, 6.07) is 3.11. The largest absolute Gasteiger partial charge is 0.478 e. The Kier molecular flexibility index (Phi) is 4.20. The number of rotatable bonds is 3. The summed E-state index contributed by atoms with van der Waals surface area (Å²) in [5.74, 6) is -0.383. The lowest BCUT2D eigenvalue weighted by molar-refractivity contribution is 0.0697. The molecule has 0 amide bonds. The number of benzene rings is 1. The van der Waals surface area contributed by atoms with Crippen molar-refractivity contribution in [3.63, 3.8) is 0 Å². The highest BCUT2D eigenvalue weighted by Crippen LogP contribution is 2.35. The Morgan fingerprint density at radius 1 is 1.58 bits per heavy atom. The van der Waals surface area contributed by atoms with Crippen LogP contribution in [0.5, 0.6) is 0 Å². The molecule has 0 radical (unpaired) electrons. The van der Waals surface area contributed by atoms with Gasteiger partial charge in [0.1, 0.15) is 0 Å². The van der Waals surface area contributed by atoms with Gasteiger partial charge in [0.2, 0.25) is 0 Å². The lowest BCUT2D eigenvalue weighted by atomic mass is 9.94. The number of nitrogens with zero attached hydrogens (tertiary/aromatic N) is 1. The third-order valence-corrected chi connectivity index (χ3v) is 4.02. The van der Waals surface area contributed by atoms with Crippen LogP contribution in [-0.2, 0) is 0 Å². The number of anilines is 2. The van der Waals surface area contributed by atoms with Crippen LogP contribution in [0.4, 0.5) is 11.4 Å². The van der Waals surface area contributed by atoms with Gasteiger partial charge in [-0.15, -0.1) is 0 Å². The second-order valence-electron chi connectivity index (χ2n) is 5.07. The van der Waals surface area contributed by atoms with Gasteiger partial charge in [-0.05, 0) is 30.9 Å². The first-order valence-corrected chi connectivity index (χ1v) is 6.98. The highest BCUT2D eigenvalue weighted by Gasteiger charge is 2.25. The van der Waals surface area contributed by atoms with E-state index in [0.29, 0.717) is 22.3 Å². The average Bonchev–Trinajstić information content (AvgIpc) is 2.37. The number of aromatic carboxylic acids is 1. The van der Waals surface area contributed by atoms with Crippen molar-refractivity contribution in [1.82, 2.24) is 0 Å². The minimum Gasteiger partial charge on any atom is -0.478 e. The summed E-state index contributed by atoms with van der Waals surface area (Å²) < 4.78 is 0. The second-order valence-corrected chi connectivity index (χ2v) is 5.47. The standard InChI is InChI=1S/C14H19ClN2O2/c1-2-9-4-3-5-17(8-9)13-11(14(18)19)6-10(16)7-12(13)15/h6-7,9H,2-5,8,16H2,1H3,(H,18,19). The van der Waals surface area contributed by atoms with E-state index in [1.54, 1.807) is 6.07 Å². The van der Waals surface area contributed by atoms with Crippen molar-refractivity contribution in [1.29, 1.82) is 0 Å². The number of carboxylic acid groups (broad SMARTS) is 1. The molecule has 1 aromatic carbocycles. The fourth-order valence-corrected chi connectivity index (χ4v) is 3.05. The monoisotopic (exact) mass is 282 g/mol. The van der Waals surface area contributed by atoms with E-state index in [2.05, 4.69) is 11.8 Å². The molecular weight excluding hydrogens is 264 g/mol. The molecule has 1 unspecified atom stereocenters. The van der Waals surface area contributed by atoms with Crippen LogP contribution in [0.3, 0.4) is 0 Å². The quantitative estimate of drug-likeness (QED) is 0.835. The third-order valence-electron chi connectivity index (χ3n) is 3.73. The number of hydrogen-bond donors (Lipinski definition) is 2. The van der Waals surface area contributed by atoms with Crippen molar-refractivity contribution in [3.05, 3.63) is 22.7 Å². The molecule has 1 aromatic rings. The first-order chi connectivity index (χ1) is 9.02. The molecule has 104 valence electrons. The van der Waals surface area contributed by atoms with Crippen LogP contribution in [-0.4, -0.2) is 24.2 Å². The van der Waals surface area contributed by atoms with Crippen molar-refractivity contribution in [3.8, 4) is 0 Å². The van der Waals surface area contributed by atoms with E-state index >= 15 is 0 Å². The molecule has 1 atom stereocenters. The summed E-state index contributed by atoms with van der Waals surface area (Å²) in [5, 5.41) is 9.75. The number of hydrogen-bond acceptors (Lipinski definition) is 3. The van der Waals surface area contributed by atoms with Crippen molar-refractivity contribution in [2.75, 3.05) is 23.7 Å². The Bertz CT molecular complexity index is 491. The zero-order valence-electron chi connectivity index (χ0n) is 11.0. The summed E-state index contributed by atoms with van der Waals surface area (Å²) in [6.07, 6.45) is 3.37. The van der Waals surface area contributed by atoms with Crippen molar-refractivity contribution in [2.45, 2.75) is 26.2 Å². The van der Waals surface area contributed by atoms with Crippen LogP contribution in [0.15, 0.2) is 12.1 Å². The van der Waals surface area contributed by atoms with E-state index in [9.17, 15) is 9.90 Å². The number of halogens is 1. The van der Waals surface area contributed by atoms with Crippen molar-refractivity contribution < 1.29 is 9.90 Å². The maximum atomic E-state index is 11.4. The topological polar surface area (TPSA) is 66.6 Å². The molecule has 1 saturated heterocycles. The fraction of sp³-hybridized carbons (Fsp3) is 0.500. The smallest absolute Gasteiger partial charge is 0.337 e. The molecule has 1 heterocycles. The molecule has 1 aliphatic heterocycles. The molecule has 1 fully saturated rings. The first kappa shape index (κ1) is 14.0. The lowest BCUT2D eigenvalue weighted by Crippen LogP contribution is -2.36. The van der Waals surface area contributed by atoms with E-state index < -0.39 is 5.97 Å². The van der Waals surface area contributed by atoms with Gasteiger partial charge in [0.15, 0.2) is 0 Å². The van der Waals surface area contributed by atoms with Crippen LogP contribution in [0, 0.1) is 5.92 Å². The van der Waals surface area contributed by atoms with Gasteiger partial charge in [-0.25, -0.2) is 4.79 Å². The van der Waals surface area contributed by atoms with Gasteiger partial charge in [-0.1, -0.05) is 24.9 Å². The number of carbonyl (C=O) groups is 1. The summed E-state index contributed by atoms with van der Waals surface area (Å²) in [6.45, 7) is 3.87. The highest BCUT2D eigenvalue weighted by atomic mass is 35.5. The van der Waals surface area contributed by atoms with Gasteiger partial charge in [-0.2, -0.15) is 0 Å². The zero-order valence-corrected chi connectivity index (χ0v) is 11.8. The van der Waals surface area contributed by atoms with Crippen LogP contribution in [0.1, 0.15) is 36.5 Å². The minimum absolute atomic E-state index is 0.196. The van der Waals surface area contributed by atoms with Gasteiger partial charge in [0.05, 0.1) is 16.3 Å². The Labute approximate surface area is 118 Å². The highest BCUT2D eigenvalue weighted by molar-refractivity contribution is 6.34. The van der Waals surface area contributed by atoms with Gasteiger partial charge in [0.25, 0.3) is 0 Å². The number of piperidine rings is 1. The SMILES string of the molecule is CCC1CCCN(c2c(Cl)cc(N)cc2C(=O)O)C1. The molecule has 0 aromatic heterocycles. The average molecular weight is 283 g/mol. The van der Waals surface area contributed by atoms with E-state index in [1.807, 2.05) is 0 Å². The Morgan fingerprint density at radius 3 is 2.95 bits per heavy atom. The summed E-state index contributed by atoms with van der Waals surface area (Å²) in [7, 11) is 0. The van der Waals surface area contributed by atoms with Gasteiger partial charge in [-0.3, -0.25) is 0 Å². The summed E-state index contributed by atoms with van der Waals surface area (Å²) in [5.41, 5.74) is 6.88. The zero-order chi connectivity index (χ0) is 14.0. The third kappa shape index (κ3) is 2.95. The Balaban J connectivity index is 2.40. The molecule has 0 bridgehead atoms. The van der Waals surface area contributed by atoms with E-state index in [1.165, 1.54) is 12.5 Å². The summed E-state index contributed by atoms with van der Waals surface area (Å²) >= 11 is 6.22. The van der Waals surface area contributed by atoms with Gasteiger partial charge >= 0.3 is 5.97 Å². The molecule has 5 heteroatoms. The fourth-order valence-electron chi connectivity index (χ4n) is 2.71. The predicted molar refractivity (Wildman–Crippen MR) is 78.1 cm³/mol. The number of carboxylic acids is 1. The minimum atomic E-state index is -0.983. The number of nitrogens with two attached hydrogens (primary N) is 1. The predicted octanol–water partition coefficient (Wildman–Crippen LogP) is 3.25. The van der Waals surface area contributed by atoms with Crippen LogP contribution in [0.25, 0.3) is 0 Å². The molecule has 2 rings (SSSR count). The van der Waals surface area contributed by atoms with Crippen LogP contribution < -0.4 is 10.6 Å². The molecule has 4 nitrogen and oxygen atoms in total. The molecule has 3 N–H and O–H groups in total. The summed E-state index contributed by atoms with van der Waals surface area (Å²) in [4.78, 5) is 13.5.